The molecule has 0 rings (SSSR count). The highest BCUT2D eigenvalue weighted by Crippen LogP contribution is 2.07. The van der Waals surface area contributed by atoms with E-state index in [2.05, 4.69) is 19.2 Å². The van der Waals surface area contributed by atoms with Crippen molar-refractivity contribution < 1.29 is 9.53 Å². The number of hydrogen-bond acceptors (Lipinski definition) is 3. The minimum Gasteiger partial charge on any atom is -0.462 e. The molecule has 1 N–H and O–H groups in total. The van der Waals surface area contributed by atoms with Crippen LogP contribution in [0.3, 0.4) is 0 Å². The van der Waals surface area contributed by atoms with Gasteiger partial charge in [-0.2, -0.15) is 0 Å². The minimum atomic E-state index is -0.128. The Morgan fingerprint density at radius 1 is 1.19 bits per heavy atom. The Balaban J connectivity index is 3.39. The van der Waals surface area contributed by atoms with Crippen LogP contribution in [0.1, 0.15) is 59.3 Å². The van der Waals surface area contributed by atoms with E-state index in [1.54, 1.807) is 0 Å². The molecule has 0 saturated carbocycles. The van der Waals surface area contributed by atoms with Gasteiger partial charge in [-0.3, -0.25) is 4.79 Å². The lowest BCUT2D eigenvalue weighted by Gasteiger charge is -2.13. The van der Waals surface area contributed by atoms with E-state index >= 15 is 0 Å². The van der Waals surface area contributed by atoms with Crippen LogP contribution in [-0.4, -0.2) is 25.2 Å². The van der Waals surface area contributed by atoms with Crippen LogP contribution in [0, 0.1) is 0 Å². The molecule has 0 aromatic heterocycles. The van der Waals surface area contributed by atoms with E-state index in [1.165, 1.54) is 19.3 Å². The zero-order valence-electron chi connectivity index (χ0n) is 11.1. The lowest BCUT2D eigenvalue weighted by atomic mass is 10.1. The molecule has 0 saturated heterocycles. The molecule has 3 nitrogen and oxygen atoms in total. The van der Waals surface area contributed by atoms with Crippen LogP contribution in [0.4, 0.5) is 0 Å². The first kappa shape index (κ1) is 15.4. The molecule has 0 aliphatic rings. The fourth-order valence-electron chi connectivity index (χ4n) is 1.55. The number of carbonyl (C=O) groups excluding carboxylic acids is 1. The molecular weight excluding hydrogens is 202 g/mol. The van der Waals surface area contributed by atoms with Gasteiger partial charge in [0.05, 0.1) is 12.6 Å². The standard InChI is InChI=1S/C13H27NO2/c1-4-6-7-8-9-12(3)16-13(15)11-14-10-5-2/h12,14H,4-11H2,1-3H3. The summed E-state index contributed by atoms with van der Waals surface area (Å²) in [5, 5.41) is 3.04. The molecule has 1 atom stereocenters. The molecule has 0 amide bonds. The second-order valence-corrected chi connectivity index (χ2v) is 4.33. The van der Waals surface area contributed by atoms with Crippen molar-refractivity contribution in [1.29, 1.82) is 0 Å². The lowest BCUT2D eigenvalue weighted by molar-refractivity contribution is -0.147. The van der Waals surface area contributed by atoms with Gasteiger partial charge in [-0.15, -0.1) is 0 Å². The molecule has 0 fully saturated rings. The SMILES string of the molecule is CCCCCCC(C)OC(=O)CNCCC. The number of carbonyl (C=O) groups is 1. The maximum absolute atomic E-state index is 11.3. The number of ether oxygens (including phenoxy) is 1. The van der Waals surface area contributed by atoms with Crippen LogP contribution in [0.25, 0.3) is 0 Å². The molecule has 16 heavy (non-hydrogen) atoms. The third-order valence-electron chi connectivity index (χ3n) is 2.49. The summed E-state index contributed by atoms with van der Waals surface area (Å²) in [4.78, 5) is 11.3. The summed E-state index contributed by atoms with van der Waals surface area (Å²) < 4.78 is 5.28. The average molecular weight is 229 g/mol. The van der Waals surface area contributed by atoms with Crippen LogP contribution < -0.4 is 5.32 Å². The predicted octanol–water partition coefficient (Wildman–Crippen LogP) is 2.89. The lowest BCUT2D eigenvalue weighted by Crippen LogP contribution is -2.27. The van der Waals surface area contributed by atoms with Crippen LogP contribution in [0.15, 0.2) is 0 Å². The molecule has 3 heteroatoms. The van der Waals surface area contributed by atoms with Crippen molar-refractivity contribution in [1.82, 2.24) is 5.32 Å². The average Bonchev–Trinajstić information content (AvgIpc) is 2.25. The van der Waals surface area contributed by atoms with Crippen LogP contribution >= 0.6 is 0 Å². The predicted molar refractivity (Wildman–Crippen MR) is 67.5 cm³/mol. The van der Waals surface area contributed by atoms with Crippen LogP contribution in [0.2, 0.25) is 0 Å². The van der Waals surface area contributed by atoms with Gasteiger partial charge in [0.1, 0.15) is 0 Å². The van der Waals surface area contributed by atoms with E-state index in [9.17, 15) is 4.79 Å². The Kier molecular flexibility index (Phi) is 10.5. The summed E-state index contributed by atoms with van der Waals surface area (Å²) >= 11 is 0. The molecule has 0 heterocycles. The van der Waals surface area contributed by atoms with Gasteiger partial charge in [0.25, 0.3) is 0 Å². The van der Waals surface area contributed by atoms with E-state index < -0.39 is 0 Å². The maximum Gasteiger partial charge on any atom is 0.320 e. The highest BCUT2D eigenvalue weighted by molar-refractivity contribution is 5.71. The molecule has 96 valence electrons. The van der Waals surface area contributed by atoms with E-state index in [1.807, 2.05) is 6.92 Å². The largest absolute Gasteiger partial charge is 0.462 e. The van der Waals surface area contributed by atoms with Gasteiger partial charge < -0.3 is 10.1 Å². The normalized spacial score (nSPS) is 12.4. The van der Waals surface area contributed by atoms with Gasteiger partial charge >= 0.3 is 5.97 Å². The van der Waals surface area contributed by atoms with Gasteiger partial charge in [0, 0.05) is 0 Å². The fourth-order valence-corrected chi connectivity index (χ4v) is 1.55. The number of hydrogen-bond donors (Lipinski definition) is 1. The Bertz CT molecular complexity index is 171. The summed E-state index contributed by atoms with van der Waals surface area (Å²) in [5.74, 6) is -0.128. The number of rotatable bonds is 10. The molecule has 0 aliphatic heterocycles. The molecule has 0 aliphatic carbocycles. The van der Waals surface area contributed by atoms with Crippen molar-refractivity contribution >= 4 is 5.97 Å². The maximum atomic E-state index is 11.3. The third kappa shape index (κ3) is 9.97. The van der Waals surface area contributed by atoms with E-state index in [0.717, 1.165) is 25.8 Å². The first-order valence-electron chi connectivity index (χ1n) is 6.60. The van der Waals surface area contributed by atoms with Gasteiger partial charge in [-0.25, -0.2) is 0 Å². The molecule has 0 aromatic rings. The van der Waals surface area contributed by atoms with Crippen molar-refractivity contribution in [2.24, 2.45) is 0 Å². The summed E-state index contributed by atoms with van der Waals surface area (Å²) in [6.07, 6.45) is 7.01. The Labute approximate surface area is 99.9 Å². The zero-order valence-corrected chi connectivity index (χ0v) is 11.1. The molecule has 0 radical (unpaired) electrons. The van der Waals surface area contributed by atoms with Crippen molar-refractivity contribution in [2.75, 3.05) is 13.1 Å². The molecule has 0 spiro atoms. The quantitative estimate of drug-likeness (QED) is 0.462. The minimum absolute atomic E-state index is 0.0628. The van der Waals surface area contributed by atoms with Crippen molar-refractivity contribution in [2.45, 2.75) is 65.4 Å². The Hall–Kier alpha value is -0.570. The second-order valence-electron chi connectivity index (χ2n) is 4.33. The smallest absolute Gasteiger partial charge is 0.320 e. The first-order valence-corrected chi connectivity index (χ1v) is 6.60. The highest BCUT2D eigenvalue weighted by Gasteiger charge is 2.08. The monoisotopic (exact) mass is 229 g/mol. The number of nitrogens with one attached hydrogen (secondary N) is 1. The highest BCUT2D eigenvalue weighted by atomic mass is 16.5. The van der Waals surface area contributed by atoms with Crippen LogP contribution in [-0.2, 0) is 9.53 Å². The van der Waals surface area contributed by atoms with E-state index in [4.69, 9.17) is 4.74 Å². The first-order chi connectivity index (χ1) is 7.70. The number of unbranched alkanes of at least 4 members (excludes halogenated alkanes) is 3. The molecule has 0 aromatic carbocycles. The number of esters is 1. The summed E-state index contributed by atoms with van der Waals surface area (Å²) in [5.41, 5.74) is 0. The summed E-state index contributed by atoms with van der Waals surface area (Å²) in [6, 6.07) is 0. The van der Waals surface area contributed by atoms with Gasteiger partial charge in [-0.05, 0) is 32.7 Å². The van der Waals surface area contributed by atoms with Crippen molar-refractivity contribution in [3.05, 3.63) is 0 Å². The van der Waals surface area contributed by atoms with E-state index in [-0.39, 0.29) is 12.1 Å². The van der Waals surface area contributed by atoms with Crippen molar-refractivity contribution in [3.8, 4) is 0 Å². The Morgan fingerprint density at radius 3 is 2.56 bits per heavy atom. The zero-order chi connectivity index (χ0) is 12.2. The molecule has 0 bridgehead atoms. The molecular formula is C13H27NO2. The van der Waals surface area contributed by atoms with Gasteiger partial charge in [0.2, 0.25) is 0 Å². The summed E-state index contributed by atoms with van der Waals surface area (Å²) in [7, 11) is 0. The van der Waals surface area contributed by atoms with Gasteiger partial charge in [-0.1, -0.05) is 33.1 Å². The van der Waals surface area contributed by atoms with E-state index in [0.29, 0.717) is 6.54 Å². The summed E-state index contributed by atoms with van der Waals surface area (Å²) in [6.45, 7) is 7.47. The van der Waals surface area contributed by atoms with Crippen LogP contribution in [0.5, 0.6) is 0 Å². The second kappa shape index (κ2) is 10.9. The third-order valence-corrected chi connectivity index (χ3v) is 2.49. The van der Waals surface area contributed by atoms with Crippen molar-refractivity contribution in [3.63, 3.8) is 0 Å². The topological polar surface area (TPSA) is 38.3 Å². The Morgan fingerprint density at radius 2 is 1.94 bits per heavy atom. The fraction of sp³-hybridized carbons (Fsp3) is 0.923. The van der Waals surface area contributed by atoms with Gasteiger partial charge in [0.15, 0.2) is 0 Å². The molecule has 1 unspecified atom stereocenters.